The number of hydrogen-bond acceptors (Lipinski definition) is 11. The molecule has 4 N–H and O–H groups in total. The average Bonchev–Trinajstić information content (AvgIpc) is 3.18. The summed E-state index contributed by atoms with van der Waals surface area (Å²) in [5, 5.41) is 30.8. The topological polar surface area (TPSA) is 186 Å². The molecular weight excluding hydrogens is 765 g/mol. The van der Waals surface area contributed by atoms with Gasteiger partial charge in [-0.25, -0.2) is 0 Å². The number of unbranched alkanes of at least 4 members (excludes halogenated alkanes) is 16. The molecule has 0 saturated carbocycles. The second-order valence-electron chi connectivity index (χ2n) is 15.4. The van der Waals surface area contributed by atoms with E-state index in [9.17, 15) is 37.9 Å². The summed E-state index contributed by atoms with van der Waals surface area (Å²) >= 11 is 0. The van der Waals surface area contributed by atoms with Gasteiger partial charge >= 0.3 is 11.9 Å². The zero-order valence-electron chi connectivity index (χ0n) is 35.6. The number of carbonyl (C=O) groups excluding carboxylic acids is 2. The van der Waals surface area contributed by atoms with E-state index >= 15 is 0 Å². The third-order valence-corrected chi connectivity index (χ3v) is 10.6. The molecule has 0 bridgehead atoms. The number of rotatable bonds is 36. The molecule has 0 aromatic rings. The van der Waals surface area contributed by atoms with Crippen LogP contribution in [0.1, 0.15) is 168 Å². The van der Waals surface area contributed by atoms with Crippen molar-refractivity contribution in [1.82, 2.24) is 0 Å². The van der Waals surface area contributed by atoms with Crippen LogP contribution in [0.5, 0.6) is 0 Å². The van der Waals surface area contributed by atoms with Crippen molar-refractivity contribution in [3.8, 4) is 0 Å². The monoisotopic (exact) mass is 843 g/mol. The lowest BCUT2D eigenvalue weighted by Gasteiger charge is -2.40. The van der Waals surface area contributed by atoms with E-state index in [0.29, 0.717) is 19.3 Å². The van der Waals surface area contributed by atoms with Crippen LogP contribution in [0.4, 0.5) is 0 Å². The minimum Gasteiger partial charge on any atom is -0.462 e. The van der Waals surface area contributed by atoms with Gasteiger partial charge in [-0.1, -0.05) is 133 Å². The van der Waals surface area contributed by atoms with E-state index in [0.717, 1.165) is 57.8 Å². The molecule has 0 aliphatic carbocycles. The molecule has 1 saturated heterocycles. The predicted molar refractivity (Wildman–Crippen MR) is 229 cm³/mol. The van der Waals surface area contributed by atoms with Crippen molar-refractivity contribution in [2.24, 2.45) is 0 Å². The summed E-state index contributed by atoms with van der Waals surface area (Å²) in [6.07, 6.45) is 31.7. The van der Waals surface area contributed by atoms with Crippen molar-refractivity contribution in [1.29, 1.82) is 0 Å². The molecule has 0 aromatic carbocycles. The van der Waals surface area contributed by atoms with E-state index in [1.165, 1.54) is 64.2 Å². The summed E-state index contributed by atoms with van der Waals surface area (Å²) in [4.78, 5) is 25.3. The molecule has 58 heavy (non-hydrogen) atoms. The molecule has 1 aliphatic rings. The molecule has 12 nitrogen and oxygen atoms in total. The van der Waals surface area contributed by atoms with Gasteiger partial charge in [0.1, 0.15) is 36.8 Å². The molecule has 1 heterocycles. The zero-order valence-corrected chi connectivity index (χ0v) is 36.5. The van der Waals surface area contributed by atoms with Crippen LogP contribution < -0.4 is 0 Å². The van der Waals surface area contributed by atoms with E-state index in [1.807, 2.05) is 6.08 Å². The fraction of sp³-hybridized carbons (Fsp3) is 0.778. The molecule has 6 atom stereocenters. The lowest BCUT2D eigenvalue weighted by molar-refractivity contribution is -0.297. The van der Waals surface area contributed by atoms with Crippen molar-refractivity contribution < 1.29 is 56.8 Å². The number of esters is 2. The lowest BCUT2D eigenvalue weighted by Crippen LogP contribution is -2.60. The van der Waals surface area contributed by atoms with E-state index in [-0.39, 0.29) is 19.4 Å². The van der Waals surface area contributed by atoms with E-state index < -0.39 is 71.2 Å². The Morgan fingerprint density at radius 3 is 1.62 bits per heavy atom. The highest BCUT2D eigenvalue weighted by molar-refractivity contribution is 7.85. The van der Waals surface area contributed by atoms with Crippen LogP contribution in [0.25, 0.3) is 0 Å². The zero-order chi connectivity index (χ0) is 42.7. The highest BCUT2D eigenvalue weighted by Crippen LogP contribution is 2.24. The van der Waals surface area contributed by atoms with Crippen LogP contribution in [0, 0.1) is 0 Å². The van der Waals surface area contributed by atoms with Crippen LogP contribution in [0.3, 0.4) is 0 Å². The van der Waals surface area contributed by atoms with Gasteiger partial charge in [-0.2, -0.15) is 8.42 Å². The summed E-state index contributed by atoms with van der Waals surface area (Å²) in [5.41, 5.74) is 0. The number of aliphatic hydroxyl groups excluding tert-OH is 3. The molecule has 0 aromatic heterocycles. The van der Waals surface area contributed by atoms with Gasteiger partial charge < -0.3 is 34.3 Å². The second-order valence-corrected chi connectivity index (χ2v) is 16.9. The van der Waals surface area contributed by atoms with Gasteiger partial charge in [0.25, 0.3) is 10.1 Å². The number of aliphatic hydroxyl groups is 3. The Morgan fingerprint density at radius 1 is 0.586 bits per heavy atom. The maximum Gasteiger partial charge on any atom is 0.306 e. The highest BCUT2D eigenvalue weighted by atomic mass is 32.2. The first kappa shape index (κ1) is 53.6. The van der Waals surface area contributed by atoms with Crippen molar-refractivity contribution in [2.45, 2.75) is 205 Å². The van der Waals surface area contributed by atoms with Crippen LogP contribution in [0.15, 0.2) is 48.6 Å². The van der Waals surface area contributed by atoms with E-state index in [2.05, 4.69) is 56.4 Å². The third-order valence-electron chi connectivity index (χ3n) is 9.88. The molecule has 0 spiro atoms. The Labute approximate surface area is 350 Å². The van der Waals surface area contributed by atoms with Gasteiger partial charge in [0, 0.05) is 12.8 Å². The summed E-state index contributed by atoms with van der Waals surface area (Å²) in [7, 11) is -4.61. The number of carbonyl (C=O) groups is 2. The molecule has 1 rings (SSSR count). The normalized spacial score (nSPS) is 20.8. The Bertz CT molecular complexity index is 1260. The molecule has 0 amide bonds. The standard InChI is InChI=1S/C45H78O12S/c1-3-5-7-9-11-13-15-17-18-19-20-22-23-25-27-29-31-33-40(46)54-35-38(36-55-45-44(50)43(49)42(48)39(57-45)37-58(51,52)53)56-41(47)34-32-30-28-26-24-21-16-14-12-10-8-6-4-2/h14,16-18,20,22,25,27,38-39,42-45,48-50H,3-13,15,19,21,23-24,26,28-37H2,1-2H3,(H,51,52,53)/b16-14+,18-17+,22-20+,27-25+/t38-,39-,42-,43?,44?,45+/m1/s1. The first-order valence-corrected chi connectivity index (χ1v) is 23.8. The van der Waals surface area contributed by atoms with Crippen LogP contribution in [-0.4, -0.2) is 96.0 Å². The predicted octanol–water partition coefficient (Wildman–Crippen LogP) is 8.78. The SMILES string of the molecule is CCCCCC/C=C/CCCCCCCC(=O)O[C@H](COC(=O)CCC/C=C/C/C=C/C/C=C/CCCCCCCC)CO[C@H]1O[C@H](CS(=O)(=O)O)[C@@H](O)C(O)C1O. The maximum atomic E-state index is 12.8. The summed E-state index contributed by atoms with van der Waals surface area (Å²) in [5.74, 6) is -2.06. The van der Waals surface area contributed by atoms with Gasteiger partial charge in [0.2, 0.25) is 0 Å². The van der Waals surface area contributed by atoms with Crippen molar-refractivity contribution in [2.75, 3.05) is 19.0 Å². The van der Waals surface area contributed by atoms with Gasteiger partial charge in [-0.15, -0.1) is 0 Å². The molecule has 1 aliphatic heterocycles. The number of allylic oxidation sites excluding steroid dienone is 8. The number of ether oxygens (including phenoxy) is 4. The van der Waals surface area contributed by atoms with Crippen LogP contribution in [-0.2, 0) is 38.7 Å². The van der Waals surface area contributed by atoms with Gasteiger partial charge in [-0.05, 0) is 70.6 Å². The molecular formula is C45H78O12S. The molecule has 336 valence electrons. The molecule has 0 radical (unpaired) electrons. The Morgan fingerprint density at radius 2 is 1.05 bits per heavy atom. The van der Waals surface area contributed by atoms with Gasteiger partial charge in [0.05, 0.1) is 6.61 Å². The maximum absolute atomic E-state index is 12.8. The summed E-state index contributed by atoms with van der Waals surface area (Å²) in [6.45, 7) is 3.67. The van der Waals surface area contributed by atoms with Crippen molar-refractivity contribution >= 4 is 22.1 Å². The van der Waals surface area contributed by atoms with Crippen molar-refractivity contribution in [3.05, 3.63) is 48.6 Å². The Hall–Kier alpha value is -2.39. The highest BCUT2D eigenvalue weighted by Gasteiger charge is 2.46. The fourth-order valence-electron chi connectivity index (χ4n) is 6.39. The number of hydrogen-bond donors (Lipinski definition) is 4. The smallest absolute Gasteiger partial charge is 0.306 e. The van der Waals surface area contributed by atoms with Gasteiger partial charge in [0.15, 0.2) is 12.4 Å². The lowest BCUT2D eigenvalue weighted by atomic mass is 10.00. The van der Waals surface area contributed by atoms with Crippen LogP contribution >= 0.6 is 0 Å². The third kappa shape index (κ3) is 29.8. The minimum absolute atomic E-state index is 0.142. The molecule has 1 fully saturated rings. The quantitative estimate of drug-likeness (QED) is 0.0204. The molecule has 13 heteroatoms. The van der Waals surface area contributed by atoms with Gasteiger partial charge in [-0.3, -0.25) is 14.1 Å². The Kier molecular flexibility index (Phi) is 32.7. The first-order valence-electron chi connectivity index (χ1n) is 22.2. The fourth-order valence-corrected chi connectivity index (χ4v) is 7.08. The Balaban J connectivity index is 2.50. The average molecular weight is 843 g/mol. The van der Waals surface area contributed by atoms with E-state index in [1.54, 1.807) is 0 Å². The molecule has 2 unspecified atom stereocenters. The summed E-state index contributed by atoms with van der Waals surface area (Å²) < 4.78 is 53.9. The largest absolute Gasteiger partial charge is 0.462 e. The minimum atomic E-state index is -4.61. The first-order chi connectivity index (χ1) is 28.0. The second kappa shape index (κ2) is 35.4. The van der Waals surface area contributed by atoms with E-state index in [4.69, 9.17) is 18.9 Å². The van der Waals surface area contributed by atoms with Crippen LogP contribution in [0.2, 0.25) is 0 Å². The summed E-state index contributed by atoms with van der Waals surface area (Å²) in [6, 6.07) is 0. The van der Waals surface area contributed by atoms with Crippen molar-refractivity contribution in [3.63, 3.8) is 0 Å².